The third kappa shape index (κ3) is 10.1. The van der Waals surface area contributed by atoms with E-state index in [1.807, 2.05) is 13.8 Å². The Bertz CT molecular complexity index is 226. The summed E-state index contributed by atoms with van der Waals surface area (Å²) >= 11 is 5.74. The van der Waals surface area contributed by atoms with E-state index in [1.165, 1.54) is 6.34 Å². The molecular formula is C11H23ClN4. The first-order chi connectivity index (χ1) is 7.56. The van der Waals surface area contributed by atoms with Gasteiger partial charge >= 0.3 is 0 Å². The molecule has 0 aliphatic rings. The minimum atomic E-state index is 0.0900. The smallest absolute Gasteiger partial charge is 0.113 e. The number of hydrogen-bond acceptors (Lipinski definition) is 3. The first kappa shape index (κ1) is 15.6. The van der Waals surface area contributed by atoms with Crippen LogP contribution in [0.5, 0.6) is 0 Å². The fraction of sp³-hybridized carbons (Fsp3) is 0.818. The highest BCUT2D eigenvalue weighted by atomic mass is 35.5. The van der Waals surface area contributed by atoms with Crippen LogP contribution in [0.25, 0.3) is 0 Å². The van der Waals surface area contributed by atoms with Gasteiger partial charge in [0.1, 0.15) is 11.5 Å². The van der Waals surface area contributed by atoms with Crippen molar-refractivity contribution in [2.75, 3.05) is 27.2 Å². The predicted octanol–water partition coefficient (Wildman–Crippen LogP) is 1.95. The molecule has 0 aliphatic heterocycles. The molecule has 4 nitrogen and oxygen atoms in total. The second kappa shape index (κ2) is 9.75. The standard InChI is InChI=1S/C11H23ClN4/c1-5-11(12)15-9-14-10(2)13-7-6-8-16(3)4/h9-10,13H,5-8H2,1-4H3. The molecule has 0 radical (unpaired) electrons. The van der Waals surface area contributed by atoms with E-state index in [-0.39, 0.29) is 6.17 Å². The second-order valence-corrected chi connectivity index (χ2v) is 4.35. The second-order valence-electron chi connectivity index (χ2n) is 3.91. The zero-order valence-electron chi connectivity index (χ0n) is 10.7. The molecule has 1 N–H and O–H groups in total. The number of rotatable bonds is 8. The van der Waals surface area contributed by atoms with Crippen LogP contribution in [0.15, 0.2) is 9.98 Å². The summed E-state index contributed by atoms with van der Waals surface area (Å²) in [6, 6.07) is 0. The molecule has 0 fully saturated rings. The molecule has 0 spiro atoms. The molecule has 1 unspecified atom stereocenters. The third-order valence-electron chi connectivity index (χ3n) is 2.00. The Labute approximate surface area is 104 Å². The Balaban J connectivity index is 3.62. The molecule has 0 aromatic carbocycles. The molecule has 1 atom stereocenters. The highest BCUT2D eigenvalue weighted by Gasteiger charge is 1.96. The number of halogens is 1. The molecule has 5 heteroatoms. The molecule has 0 amide bonds. The maximum absolute atomic E-state index is 5.74. The molecule has 0 bridgehead atoms. The van der Waals surface area contributed by atoms with Crippen LogP contribution in [0, 0.1) is 0 Å². The van der Waals surface area contributed by atoms with E-state index < -0.39 is 0 Å². The van der Waals surface area contributed by atoms with Crippen molar-refractivity contribution >= 4 is 23.1 Å². The molecule has 94 valence electrons. The molecule has 0 aliphatic carbocycles. The van der Waals surface area contributed by atoms with E-state index in [1.54, 1.807) is 0 Å². The van der Waals surface area contributed by atoms with Crippen LogP contribution in [0.3, 0.4) is 0 Å². The SMILES string of the molecule is CCC(Cl)=NC=NC(C)NCCCN(C)C. The number of nitrogens with one attached hydrogen (secondary N) is 1. The van der Waals surface area contributed by atoms with E-state index in [4.69, 9.17) is 11.6 Å². The summed E-state index contributed by atoms with van der Waals surface area (Å²) in [6.07, 6.45) is 3.48. The van der Waals surface area contributed by atoms with Crippen molar-refractivity contribution in [3.05, 3.63) is 0 Å². The molecule has 0 aromatic rings. The first-order valence-electron chi connectivity index (χ1n) is 5.68. The fourth-order valence-corrected chi connectivity index (χ4v) is 1.09. The molecule has 0 heterocycles. The van der Waals surface area contributed by atoms with Gasteiger partial charge in [-0.25, -0.2) is 4.99 Å². The Morgan fingerprint density at radius 1 is 1.50 bits per heavy atom. The van der Waals surface area contributed by atoms with E-state index in [2.05, 4.69) is 34.3 Å². The van der Waals surface area contributed by atoms with Gasteiger partial charge in [0.2, 0.25) is 0 Å². The molecule has 0 rings (SSSR count). The number of nitrogens with zero attached hydrogens (tertiary/aromatic N) is 3. The van der Waals surface area contributed by atoms with Gasteiger partial charge in [-0.1, -0.05) is 18.5 Å². The van der Waals surface area contributed by atoms with Crippen LogP contribution in [0.1, 0.15) is 26.7 Å². The highest BCUT2D eigenvalue weighted by Crippen LogP contribution is 1.91. The third-order valence-corrected chi connectivity index (χ3v) is 2.37. The number of aliphatic imine (C=N–C) groups is 2. The normalized spacial score (nSPS) is 15.0. The lowest BCUT2D eigenvalue weighted by Gasteiger charge is -2.11. The zero-order valence-corrected chi connectivity index (χ0v) is 11.5. The maximum atomic E-state index is 5.74. The largest absolute Gasteiger partial charge is 0.309 e. The monoisotopic (exact) mass is 246 g/mol. The van der Waals surface area contributed by atoms with Crippen molar-refractivity contribution in [3.8, 4) is 0 Å². The van der Waals surface area contributed by atoms with Gasteiger partial charge in [0.05, 0.1) is 6.17 Å². The fourth-order valence-electron chi connectivity index (χ4n) is 1.05. The maximum Gasteiger partial charge on any atom is 0.113 e. The average Bonchev–Trinajstić information content (AvgIpc) is 2.24. The predicted molar refractivity (Wildman–Crippen MR) is 72.7 cm³/mol. The lowest BCUT2D eigenvalue weighted by molar-refractivity contribution is 0.389. The summed E-state index contributed by atoms with van der Waals surface area (Å²) in [5, 5.41) is 3.88. The van der Waals surface area contributed by atoms with Crippen molar-refractivity contribution in [2.45, 2.75) is 32.9 Å². The van der Waals surface area contributed by atoms with Gasteiger partial charge in [0, 0.05) is 0 Å². The molecule has 0 saturated heterocycles. The van der Waals surface area contributed by atoms with Crippen LogP contribution < -0.4 is 5.32 Å². The van der Waals surface area contributed by atoms with Gasteiger partial charge in [-0.15, -0.1) is 0 Å². The van der Waals surface area contributed by atoms with Gasteiger partial charge in [-0.3, -0.25) is 10.3 Å². The topological polar surface area (TPSA) is 40.0 Å². The highest BCUT2D eigenvalue weighted by molar-refractivity contribution is 6.65. The molecule has 0 saturated carbocycles. The molecular weight excluding hydrogens is 224 g/mol. The lowest BCUT2D eigenvalue weighted by Crippen LogP contribution is -2.27. The summed E-state index contributed by atoms with van der Waals surface area (Å²) < 4.78 is 0. The van der Waals surface area contributed by atoms with Gasteiger partial charge in [-0.05, 0) is 47.0 Å². The first-order valence-corrected chi connectivity index (χ1v) is 6.06. The quantitative estimate of drug-likeness (QED) is 0.404. The summed E-state index contributed by atoms with van der Waals surface area (Å²) in [5.74, 6) is 0. The molecule has 16 heavy (non-hydrogen) atoms. The Hall–Kier alpha value is -0.450. The zero-order chi connectivity index (χ0) is 12.4. The van der Waals surface area contributed by atoms with Crippen LogP contribution in [-0.4, -0.2) is 49.8 Å². The number of hydrogen-bond donors (Lipinski definition) is 1. The Morgan fingerprint density at radius 3 is 2.75 bits per heavy atom. The van der Waals surface area contributed by atoms with Crippen molar-refractivity contribution in [2.24, 2.45) is 9.98 Å². The summed E-state index contributed by atoms with van der Waals surface area (Å²) in [6.45, 7) is 6.01. The Kier molecular flexibility index (Phi) is 9.48. The lowest BCUT2D eigenvalue weighted by atomic mass is 10.4. The van der Waals surface area contributed by atoms with E-state index in [0.717, 1.165) is 25.9 Å². The Morgan fingerprint density at radius 2 is 2.19 bits per heavy atom. The van der Waals surface area contributed by atoms with E-state index in [0.29, 0.717) is 5.17 Å². The van der Waals surface area contributed by atoms with Crippen molar-refractivity contribution in [3.63, 3.8) is 0 Å². The van der Waals surface area contributed by atoms with E-state index >= 15 is 0 Å². The summed E-state index contributed by atoms with van der Waals surface area (Å²) in [7, 11) is 4.14. The van der Waals surface area contributed by atoms with Crippen LogP contribution in [0.4, 0.5) is 0 Å². The van der Waals surface area contributed by atoms with Gasteiger partial charge in [-0.2, -0.15) is 0 Å². The van der Waals surface area contributed by atoms with Crippen LogP contribution >= 0.6 is 11.6 Å². The van der Waals surface area contributed by atoms with E-state index in [9.17, 15) is 0 Å². The summed E-state index contributed by atoms with van der Waals surface area (Å²) in [5.41, 5.74) is 0. The van der Waals surface area contributed by atoms with Gasteiger partial charge in [0.25, 0.3) is 0 Å². The van der Waals surface area contributed by atoms with Crippen LogP contribution in [0.2, 0.25) is 0 Å². The minimum absolute atomic E-state index is 0.0900. The van der Waals surface area contributed by atoms with Gasteiger partial charge in [0.15, 0.2) is 0 Å². The molecule has 0 aromatic heterocycles. The minimum Gasteiger partial charge on any atom is -0.309 e. The van der Waals surface area contributed by atoms with Crippen LogP contribution in [-0.2, 0) is 0 Å². The average molecular weight is 247 g/mol. The van der Waals surface area contributed by atoms with Gasteiger partial charge < -0.3 is 4.90 Å². The van der Waals surface area contributed by atoms with Crippen molar-refractivity contribution in [1.82, 2.24) is 10.2 Å². The summed E-state index contributed by atoms with van der Waals surface area (Å²) in [4.78, 5) is 10.4. The van der Waals surface area contributed by atoms with Crippen molar-refractivity contribution in [1.29, 1.82) is 0 Å². The van der Waals surface area contributed by atoms with Crippen molar-refractivity contribution < 1.29 is 0 Å².